The lowest BCUT2D eigenvalue weighted by Gasteiger charge is -2.06. The van der Waals surface area contributed by atoms with Gasteiger partial charge in [-0.05, 0) is 29.8 Å². The molecular formula is C16H17N5O. The van der Waals surface area contributed by atoms with Gasteiger partial charge in [-0.25, -0.2) is 9.78 Å². The molecule has 0 spiro atoms. The zero-order valence-corrected chi connectivity index (χ0v) is 12.1. The van der Waals surface area contributed by atoms with Gasteiger partial charge in [0, 0.05) is 44.3 Å². The second kappa shape index (κ2) is 6.71. The van der Waals surface area contributed by atoms with Crippen molar-refractivity contribution in [2.75, 3.05) is 6.54 Å². The summed E-state index contributed by atoms with van der Waals surface area (Å²) in [7, 11) is 0. The van der Waals surface area contributed by atoms with Gasteiger partial charge < -0.3 is 15.0 Å². The molecule has 0 fully saturated rings. The van der Waals surface area contributed by atoms with Crippen LogP contribution in [0, 0.1) is 0 Å². The topological polar surface area (TPSA) is 71.3 Å². The van der Waals surface area contributed by atoms with Crippen LogP contribution >= 0.6 is 0 Å². The summed E-state index contributed by atoms with van der Waals surface area (Å²) < 4.78 is 1.97. The van der Waals surface area contributed by atoms with Gasteiger partial charge in [0.15, 0.2) is 0 Å². The summed E-state index contributed by atoms with van der Waals surface area (Å²) in [6.07, 6.45) is 8.05. The standard InChI is InChI=1S/C16H17N5O/c22-16(19-11-13-4-7-17-8-5-13)18-9-6-14-12-21-10-2-1-3-15(21)20-14/h1-5,7-8,10,12H,6,9,11H2,(H2,18,19,22). The maximum absolute atomic E-state index is 11.7. The van der Waals surface area contributed by atoms with Gasteiger partial charge in [-0.3, -0.25) is 4.98 Å². The Hall–Kier alpha value is -2.89. The molecule has 6 nitrogen and oxygen atoms in total. The molecule has 0 saturated heterocycles. The van der Waals surface area contributed by atoms with Crippen LogP contribution < -0.4 is 10.6 Å². The summed E-state index contributed by atoms with van der Waals surface area (Å²) in [5.41, 5.74) is 2.89. The van der Waals surface area contributed by atoms with E-state index in [9.17, 15) is 4.79 Å². The van der Waals surface area contributed by atoms with E-state index < -0.39 is 0 Å². The number of hydrogen-bond donors (Lipinski definition) is 2. The average Bonchev–Trinajstić information content (AvgIpc) is 2.96. The Bertz CT molecular complexity index is 720. The highest BCUT2D eigenvalue weighted by molar-refractivity contribution is 5.73. The van der Waals surface area contributed by atoms with Crippen molar-refractivity contribution in [1.29, 1.82) is 0 Å². The summed E-state index contributed by atoms with van der Waals surface area (Å²) in [6, 6.07) is 9.44. The van der Waals surface area contributed by atoms with Crippen LogP contribution in [0.3, 0.4) is 0 Å². The van der Waals surface area contributed by atoms with Crippen LogP contribution in [0.4, 0.5) is 4.79 Å². The van der Waals surface area contributed by atoms with Crippen molar-refractivity contribution in [2.45, 2.75) is 13.0 Å². The molecule has 3 rings (SSSR count). The Morgan fingerprint density at radius 2 is 2.00 bits per heavy atom. The second-order valence-electron chi connectivity index (χ2n) is 4.91. The summed E-state index contributed by atoms with van der Waals surface area (Å²) >= 11 is 0. The zero-order valence-electron chi connectivity index (χ0n) is 12.1. The predicted octanol–water partition coefficient (Wildman–Crippen LogP) is 1.77. The third-order valence-corrected chi connectivity index (χ3v) is 3.28. The first-order valence-corrected chi connectivity index (χ1v) is 7.14. The van der Waals surface area contributed by atoms with Crippen molar-refractivity contribution >= 4 is 11.7 Å². The molecule has 3 heterocycles. The van der Waals surface area contributed by atoms with Gasteiger partial charge in [0.25, 0.3) is 0 Å². The molecule has 2 N–H and O–H groups in total. The van der Waals surface area contributed by atoms with E-state index in [-0.39, 0.29) is 6.03 Å². The number of rotatable bonds is 5. The quantitative estimate of drug-likeness (QED) is 0.753. The number of carbonyl (C=O) groups is 1. The molecule has 0 aromatic carbocycles. The minimum Gasteiger partial charge on any atom is -0.338 e. The van der Waals surface area contributed by atoms with E-state index in [4.69, 9.17) is 0 Å². The third-order valence-electron chi connectivity index (χ3n) is 3.28. The van der Waals surface area contributed by atoms with Crippen LogP contribution in [0.25, 0.3) is 5.65 Å². The molecule has 0 saturated carbocycles. The molecule has 2 amide bonds. The Kier molecular flexibility index (Phi) is 4.29. The lowest BCUT2D eigenvalue weighted by Crippen LogP contribution is -2.36. The SMILES string of the molecule is O=C(NCCc1cn2ccccc2n1)NCc1ccncc1. The minimum absolute atomic E-state index is 0.180. The fourth-order valence-corrected chi connectivity index (χ4v) is 2.16. The molecular weight excluding hydrogens is 278 g/mol. The molecule has 6 heteroatoms. The van der Waals surface area contributed by atoms with E-state index in [1.807, 2.05) is 47.1 Å². The molecule has 3 aromatic heterocycles. The van der Waals surface area contributed by atoms with E-state index in [1.165, 1.54) is 0 Å². The second-order valence-corrected chi connectivity index (χ2v) is 4.91. The van der Waals surface area contributed by atoms with Crippen molar-refractivity contribution in [1.82, 2.24) is 25.0 Å². The lowest BCUT2D eigenvalue weighted by molar-refractivity contribution is 0.240. The van der Waals surface area contributed by atoms with Gasteiger partial charge in [-0.1, -0.05) is 6.07 Å². The molecule has 0 radical (unpaired) electrons. The first-order valence-electron chi connectivity index (χ1n) is 7.14. The zero-order chi connectivity index (χ0) is 15.2. The van der Waals surface area contributed by atoms with E-state index in [2.05, 4.69) is 20.6 Å². The molecule has 0 aliphatic heterocycles. The Balaban J connectivity index is 1.43. The molecule has 0 bridgehead atoms. The fraction of sp³-hybridized carbons (Fsp3) is 0.188. The van der Waals surface area contributed by atoms with Gasteiger partial charge in [0.1, 0.15) is 5.65 Å². The summed E-state index contributed by atoms with van der Waals surface area (Å²) in [6.45, 7) is 1.04. The van der Waals surface area contributed by atoms with Gasteiger partial charge in [0.2, 0.25) is 0 Å². The molecule has 0 unspecified atom stereocenters. The molecule has 3 aromatic rings. The Morgan fingerprint density at radius 3 is 2.82 bits per heavy atom. The van der Waals surface area contributed by atoms with Gasteiger partial charge in [-0.2, -0.15) is 0 Å². The number of carbonyl (C=O) groups excluding carboxylic acids is 1. The van der Waals surface area contributed by atoms with E-state index in [0.29, 0.717) is 19.5 Å². The van der Waals surface area contributed by atoms with E-state index >= 15 is 0 Å². The van der Waals surface area contributed by atoms with E-state index in [1.54, 1.807) is 12.4 Å². The third kappa shape index (κ3) is 3.60. The van der Waals surface area contributed by atoms with Gasteiger partial charge in [-0.15, -0.1) is 0 Å². The number of imidazole rings is 1. The number of urea groups is 1. The number of nitrogens with zero attached hydrogens (tertiary/aromatic N) is 3. The minimum atomic E-state index is -0.180. The van der Waals surface area contributed by atoms with E-state index in [0.717, 1.165) is 16.9 Å². The Morgan fingerprint density at radius 1 is 1.14 bits per heavy atom. The number of fused-ring (bicyclic) bond motifs is 1. The first-order chi connectivity index (χ1) is 10.8. The van der Waals surface area contributed by atoms with Crippen molar-refractivity contribution in [3.63, 3.8) is 0 Å². The van der Waals surface area contributed by atoms with Crippen LogP contribution in [-0.4, -0.2) is 26.9 Å². The largest absolute Gasteiger partial charge is 0.338 e. The molecule has 112 valence electrons. The van der Waals surface area contributed by atoms with Crippen LogP contribution in [0.5, 0.6) is 0 Å². The maximum atomic E-state index is 11.7. The van der Waals surface area contributed by atoms with Crippen LogP contribution in [0.15, 0.2) is 55.1 Å². The number of hydrogen-bond acceptors (Lipinski definition) is 3. The molecule has 0 atom stereocenters. The van der Waals surface area contributed by atoms with Crippen molar-refractivity contribution < 1.29 is 4.79 Å². The lowest BCUT2D eigenvalue weighted by atomic mass is 10.3. The normalized spacial score (nSPS) is 10.5. The first kappa shape index (κ1) is 14.1. The van der Waals surface area contributed by atoms with Crippen LogP contribution in [0.1, 0.15) is 11.3 Å². The highest BCUT2D eigenvalue weighted by atomic mass is 16.2. The van der Waals surface area contributed by atoms with Crippen LogP contribution in [-0.2, 0) is 13.0 Å². The van der Waals surface area contributed by atoms with Crippen LogP contribution in [0.2, 0.25) is 0 Å². The number of nitrogens with one attached hydrogen (secondary N) is 2. The smallest absolute Gasteiger partial charge is 0.315 e. The van der Waals surface area contributed by atoms with Crippen molar-refractivity contribution in [3.8, 4) is 0 Å². The fourth-order valence-electron chi connectivity index (χ4n) is 2.16. The average molecular weight is 295 g/mol. The van der Waals surface area contributed by atoms with Gasteiger partial charge in [0.05, 0.1) is 5.69 Å². The highest BCUT2D eigenvalue weighted by Crippen LogP contribution is 2.04. The summed E-state index contributed by atoms with van der Waals surface area (Å²) in [5.74, 6) is 0. The molecule has 0 aliphatic carbocycles. The summed E-state index contributed by atoms with van der Waals surface area (Å²) in [5, 5.41) is 5.64. The monoisotopic (exact) mass is 295 g/mol. The summed E-state index contributed by atoms with van der Waals surface area (Å²) in [4.78, 5) is 20.1. The predicted molar refractivity (Wildman–Crippen MR) is 83.4 cm³/mol. The maximum Gasteiger partial charge on any atom is 0.315 e. The van der Waals surface area contributed by atoms with Gasteiger partial charge >= 0.3 is 6.03 Å². The molecule has 22 heavy (non-hydrogen) atoms. The number of amides is 2. The Labute approximate surface area is 128 Å². The number of pyridine rings is 2. The highest BCUT2D eigenvalue weighted by Gasteiger charge is 2.03. The van der Waals surface area contributed by atoms with Crippen molar-refractivity contribution in [2.24, 2.45) is 0 Å². The van der Waals surface area contributed by atoms with Crippen molar-refractivity contribution in [3.05, 3.63) is 66.4 Å². The molecule has 0 aliphatic rings. The number of aromatic nitrogens is 3.